The molecule has 3 aromatic rings. The smallest absolute Gasteiger partial charge is 0.368 e. The molecular weight excluding hydrogens is 551 g/mol. The van der Waals surface area contributed by atoms with Crippen molar-refractivity contribution in [3.63, 3.8) is 0 Å². The Balaban J connectivity index is 1.61. The van der Waals surface area contributed by atoms with Gasteiger partial charge < -0.3 is 24.1 Å². The summed E-state index contributed by atoms with van der Waals surface area (Å²) in [6.45, 7) is -0.664. The molecule has 0 aromatic heterocycles. The maximum Gasteiger partial charge on any atom is 0.511 e. The van der Waals surface area contributed by atoms with Crippen LogP contribution < -0.4 is 4.72 Å². The van der Waals surface area contributed by atoms with Gasteiger partial charge in [-0.15, -0.1) is 0 Å². The van der Waals surface area contributed by atoms with E-state index in [1.165, 1.54) is 4.72 Å². The summed E-state index contributed by atoms with van der Waals surface area (Å²) < 4.78 is 88.0. The van der Waals surface area contributed by atoms with Gasteiger partial charge in [-0.3, -0.25) is 0 Å². The number of aliphatic hydroxyl groups excluding tert-OH is 1. The van der Waals surface area contributed by atoms with Crippen LogP contribution in [0, 0.1) is 0 Å². The van der Waals surface area contributed by atoms with E-state index in [0.717, 1.165) is 16.7 Å². The van der Waals surface area contributed by atoms with E-state index in [4.69, 9.17) is 18.9 Å². The fourth-order valence-corrected chi connectivity index (χ4v) is 4.75. The van der Waals surface area contributed by atoms with E-state index in [0.29, 0.717) is 0 Å². The van der Waals surface area contributed by atoms with Crippen molar-refractivity contribution in [3.8, 4) is 0 Å². The van der Waals surface area contributed by atoms with Gasteiger partial charge in [-0.25, -0.2) is 13.1 Å². The molecule has 1 heterocycles. The molecular formula is C28H30F3NO7S. The Morgan fingerprint density at radius 2 is 1.10 bits per heavy atom. The second-order valence-electron chi connectivity index (χ2n) is 9.15. The van der Waals surface area contributed by atoms with E-state index in [1.807, 2.05) is 66.7 Å². The quantitative estimate of drug-likeness (QED) is 0.335. The van der Waals surface area contributed by atoms with Crippen LogP contribution >= 0.6 is 0 Å². The molecule has 4 rings (SSSR count). The van der Waals surface area contributed by atoms with Crippen molar-refractivity contribution in [2.45, 2.75) is 56.0 Å². The van der Waals surface area contributed by atoms with Crippen molar-refractivity contribution in [3.05, 3.63) is 108 Å². The van der Waals surface area contributed by atoms with E-state index in [-0.39, 0.29) is 19.8 Å². The van der Waals surface area contributed by atoms with Crippen LogP contribution in [0.4, 0.5) is 13.2 Å². The second kappa shape index (κ2) is 13.7. The Labute approximate surface area is 230 Å². The highest BCUT2D eigenvalue weighted by Gasteiger charge is 2.50. The van der Waals surface area contributed by atoms with Crippen LogP contribution in [-0.4, -0.2) is 56.3 Å². The Morgan fingerprint density at radius 3 is 1.52 bits per heavy atom. The van der Waals surface area contributed by atoms with Crippen molar-refractivity contribution in [2.75, 3.05) is 6.54 Å². The monoisotopic (exact) mass is 581 g/mol. The maximum atomic E-state index is 13.0. The molecule has 0 spiro atoms. The number of hydrogen-bond acceptors (Lipinski definition) is 7. The summed E-state index contributed by atoms with van der Waals surface area (Å²) in [5.41, 5.74) is -3.17. The number of benzene rings is 3. The Morgan fingerprint density at radius 1 is 0.700 bits per heavy atom. The van der Waals surface area contributed by atoms with E-state index < -0.39 is 52.8 Å². The van der Waals surface area contributed by atoms with Gasteiger partial charge in [0.15, 0.2) is 6.29 Å². The molecule has 0 unspecified atom stereocenters. The van der Waals surface area contributed by atoms with Gasteiger partial charge in [0.1, 0.15) is 24.4 Å². The molecule has 1 saturated heterocycles. The molecule has 1 aliphatic rings. The molecule has 40 heavy (non-hydrogen) atoms. The van der Waals surface area contributed by atoms with E-state index in [1.54, 1.807) is 24.3 Å². The van der Waals surface area contributed by atoms with E-state index in [2.05, 4.69) is 0 Å². The molecule has 0 amide bonds. The first-order chi connectivity index (χ1) is 19.1. The molecule has 1 aliphatic heterocycles. The van der Waals surface area contributed by atoms with Gasteiger partial charge in [0.05, 0.1) is 19.8 Å². The largest absolute Gasteiger partial charge is 0.511 e. The Kier molecular flexibility index (Phi) is 10.3. The number of nitrogens with one attached hydrogen (secondary N) is 1. The molecule has 0 aliphatic carbocycles. The van der Waals surface area contributed by atoms with Crippen molar-refractivity contribution in [1.29, 1.82) is 0 Å². The molecule has 216 valence electrons. The maximum absolute atomic E-state index is 13.0. The SMILES string of the molecule is O=S(=O)(NC[C@H]1O[C@H](O)[C@H](OCc2ccccc2)[C@@H](OCc2ccccc2)[C@@H]1OCc1ccccc1)C(F)(F)F. The van der Waals surface area contributed by atoms with Crippen LogP contribution in [0.2, 0.25) is 0 Å². The molecule has 5 atom stereocenters. The molecule has 0 radical (unpaired) electrons. The number of rotatable bonds is 12. The zero-order valence-corrected chi connectivity index (χ0v) is 22.1. The average molecular weight is 582 g/mol. The lowest BCUT2D eigenvalue weighted by Crippen LogP contribution is -2.62. The summed E-state index contributed by atoms with van der Waals surface area (Å²) in [5, 5.41) is 10.9. The number of hydrogen-bond donors (Lipinski definition) is 2. The normalized spacial score (nSPS) is 23.6. The summed E-state index contributed by atoms with van der Waals surface area (Å²) in [6, 6.07) is 27.3. The first-order valence-electron chi connectivity index (χ1n) is 12.5. The van der Waals surface area contributed by atoms with Crippen LogP contribution in [0.5, 0.6) is 0 Å². The van der Waals surface area contributed by atoms with Gasteiger partial charge >= 0.3 is 15.5 Å². The van der Waals surface area contributed by atoms with Crippen molar-refractivity contribution < 1.29 is 45.6 Å². The third-order valence-electron chi connectivity index (χ3n) is 6.24. The highest BCUT2D eigenvalue weighted by atomic mass is 32.2. The lowest BCUT2D eigenvalue weighted by Gasteiger charge is -2.44. The van der Waals surface area contributed by atoms with Crippen molar-refractivity contribution >= 4 is 10.0 Å². The highest BCUT2D eigenvalue weighted by Crippen LogP contribution is 2.30. The minimum absolute atomic E-state index is 0.0179. The predicted molar refractivity (Wildman–Crippen MR) is 139 cm³/mol. The number of ether oxygens (including phenoxy) is 4. The lowest BCUT2D eigenvalue weighted by atomic mass is 9.97. The van der Waals surface area contributed by atoms with Gasteiger partial charge in [0.25, 0.3) is 0 Å². The topological polar surface area (TPSA) is 103 Å². The Hall–Kier alpha value is -2.84. The van der Waals surface area contributed by atoms with Gasteiger partial charge in [0.2, 0.25) is 0 Å². The molecule has 1 fully saturated rings. The average Bonchev–Trinajstić information content (AvgIpc) is 2.95. The van der Waals surface area contributed by atoms with E-state index >= 15 is 0 Å². The fraction of sp³-hybridized carbons (Fsp3) is 0.357. The third kappa shape index (κ3) is 8.10. The van der Waals surface area contributed by atoms with Crippen LogP contribution in [0.15, 0.2) is 91.0 Å². The second-order valence-corrected chi connectivity index (χ2v) is 10.9. The van der Waals surface area contributed by atoms with Gasteiger partial charge in [-0.1, -0.05) is 91.0 Å². The standard InChI is InChI=1S/C28H30F3NO7S/c29-28(30,31)40(34,35)32-16-23-24(36-17-20-10-4-1-5-11-20)25(37-18-21-12-6-2-7-13-21)26(27(33)39-23)38-19-22-14-8-3-9-15-22/h1-15,23-27,32-33H,16-19H2/t23-,24-,25+,26-,27+/m1/s1. The zero-order chi connectivity index (χ0) is 28.6. The minimum Gasteiger partial charge on any atom is -0.368 e. The molecule has 0 saturated carbocycles. The molecule has 2 N–H and O–H groups in total. The molecule has 3 aromatic carbocycles. The Bertz CT molecular complexity index is 1280. The number of halogens is 3. The van der Waals surface area contributed by atoms with Crippen LogP contribution in [0.1, 0.15) is 16.7 Å². The first kappa shape index (κ1) is 30.1. The summed E-state index contributed by atoms with van der Waals surface area (Å²) in [5.74, 6) is 0. The molecule has 8 nitrogen and oxygen atoms in total. The number of sulfonamides is 1. The molecule has 12 heteroatoms. The van der Waals surface area contributed by atoms with Gasteiger partial charge in [0, 0.05) is 6.54 Å². The summed E-state index contributed by atoms with van der Waals surface area (Å²) in [6.07, 6.45) is -6.27. The first-order valence-corrected chi connectivity index (χ1v) is 14.0. The van der Waals surface area contributed by atoms with Crippen LogP contribution in [0.3, 0.4) is 0 Å². The zero-order valence-electron chi connectivity index (χ0n) is 21.3. The van der Waals surface area contributed by atoms with E-state index in [9.17, 15) is 26.7 Å². The fourth-order valence-electron chi connectivity index (χ4n) is 4.20. The predicted octanol–water partition coefficient (Wildman–Crippen LogP) is 3.90. The number of aliphatic hydroxyl groups is 1. The van der Waals surface area contributed by atoms with Crippen molar-refractivity contribution in [1.82, 2.24) is 4.72 Å². The molecule has 0 bridgehead atoms. The summed E-state index contributed by atoms with van der Waals surface area (Å²) in [4.78, 5) is 0. The minimum atomic E-state index is -5.68. The van der Waals surface area contributed by atoms with Crippen LogP contribution in [-0.2, 0) is 48.8 Å². The summed E-state index contributed by atoms with van der Waals surface area (Å²) in [7, 11) is -5.68. The highest BCUT2D eigenvalue weighted by molar-refractivity contribution is 7.90. The van der Waals surface area contributed by atoms with Gasteiger partial charge in [-0.05, 0) is 16.7 Å². The third-order valence-corrected chi connectivity index (χ3v) is 7.40. The lowest BCUT2D eigenvalue weighted by molar-refractivity contribution is -0.310. The number of alkyl halides is 3. The van der Waals surface area contributed by atoms with Crippen molar-refractivity contribution in [2.24, 2.45) is 0 Å². The van der Waals surface area contributed by atoms with Crippen LogP contribution in [0.25, 0.3) is 0 Å². The summed E-state index contributed by atoms with van der Waals surface area (Å²) >= 11 is 0. The van der Waals surface area contributed by atoms with Gasteiger partial charge in [-0.2, -0.15) is 13.2 Å².